The summed E-state index contributed by atoms with van der Waals surface area (Å²) in [5.74, 6) is 0. The minimum absolute atomic E-state index is 0.194. The molecule has 0 aliphatic rings. The molecular formula is C14H12BrCl2N. The lowest BCUT2D eigenvalue weighted by Gasteiger charge is -2.16. The van der Waals surface area contributed by atoms with E-state index >= 15 is 0 Å². The van der Waals surface area contributed by atoms with E-state index in [4.69, 9.17) is 23.2 Å². The fraction of sp³-hybridized carbons (Fsp3) is 0.143. The largest absolute Gasteiger partial charge is 0.378 e. The highest BCUT2D eigenvalue weighted by Crippen LogP contribution is 2.28. The van der Waals surface area contributed by atoms with Crippen molar-refractivity contribution in [1.29, 1.82) is 0 Å². The molecule has 0 amide bonds. The van der Waals surface area contributed by atoms with Crippen molar-refractivity contribution in [2.24, 2.45) is 0 Å². The lowest BCUT2D eigenvalue weighted by Crippen LogP contribution is -2.06. The van der Waals surface area contributed by atoms with Crippen molar-refractivity contribution < 1.29 is 0 Å². The van der Waals surface area contributed by atoms with Crippen LogP contribution in [0.15, 0.2) is 46.9 Å². The van der Waals surface area contributed by atoms with Gasteiger partial charge in [-0.3, -0.25) is 0 Å². The topological polar surface area (TPSA) is 12.0 Å². The lowest BCUT2D eigenvalue weighted by molar-refractivity contribution is 0.884. The molecule has 1 atom stereocenters. The Morgan fingerprint density at radius 3 is 2.50 bits per heavy atom. The van der Waals surface area contributed by atoms with E-state index in [-0.39, 0.29) is 6.04 Å². The summed E-state index contributed by atoms with van der Waals surface area (Å²) < 4.78 is 1.07. The Morgan fingerprint density at radius 2 is 1.83 bits per heavy atom. The number of nitrogens with one attached hydrogen (secondary N) is 1. The van der Waals surface area contributed by atoms with Gasteiger partial charge in [0.2, 0.25) is 0 Å². The minimum Gasteiger partial charge on any atom is -0.378 e. The first-order valence-electron chi connectivity index (χ1n) is 5.53. The van der Waals surface area contributed by atoms with Gasteiger partial charge in [0, 0.05) is 16.2 Å². The normalized spacial score (nSPS) is 12.2. The van der Waals surface area contributed by atoms with E-state index < -0.39 is 0 Å². The highest BCUT2D eigenvalue weighted by atomic mass is 79.9. The number of hydrogen-bond acceptors (Lipinski definition) is 1. The maximum Gasteiger partial charge on any atom is 0.0612 e. The van der Waals surface area contributed by atoms with Crippen LogP contribution in [0.3, 0.4) is 0 Å². The lowest BCUT2D eigenvalue weighted by atomic mass is 10.1. The third-order valence-corrected chi connectivity index (χ3v) is 3.88. The van der Waals surface area contributed by atoms with E-state index in [0.717, 1.165) is 10.2 Å². The first kappa shape index (κ1) is 13.7. The van der Waals surface area contributed by atoms with Gasteiger partial charge in [-0.15, -0.1) is 0 Å². The van der Waals surface area contributed by atoms with Crippen molar-refractivity contribution in [1.82, 2.24) is 0 Å². The van der Waals surface area contributed by atoms with Crippen LogP contribution in [0, 0.1) is 0 Å². The molecule has 0 spiro atoms. The van der Waals surface area contributed by atoms with Crippen LogP contribution in [0.25, 0.3) is 0 Å². The second-order valence-corrected chi connectivity index (χ2v) is 5.78. The van der Waals surface area contributed by atoms with Gasteiger partial charge in [-0.25, -0.2) is 0 Å². The van der Waals surface area contributed by atoms with Crippen molar-refractivity contribution in [2.75, 3.05) is 5.32 Å². The molecule has 0 fully saturated rings. The number of anilines is 1. The van der Waals surface area contributed by atoms with Crippen molar-refractivity contribution >= 4 is 44.8 Å². The van der Waals surface area contributed by atoms with E-state index in [2.05, 4.69) is 40.3 Å². The molecule has 2 aromatic carbocycles. The maximum atomic E-state index is 5.99. The molecule has 94 valence electrons. The monoisotopic (exact) mass is 343 g/mol. The summed E-state index contributed by atoms with van der Waals surface area (Å²) in [6, 6.07) is 13.9. The molecule has 0 bridgehead atoms. The Kier molecular flexibility index (Phi) is 4.55. The van der Waals surface area contributed by atoms with Gasteiger partial charge < -0.3 is 5.32 Å². The van der Waals surface area contributed by atoms with Crippen LogP contribution in [0.2, 0.25) is 10.0 Å². The van der Waals surface area contributed by atoms with Crippen molar-refractivity contribution in [3.63, 3.8) is 0 Å². The van der Waals surface area contributed by atoms with Crippen LogP contribution < -0.4 is 5.32 Å². The molecule has 0 aliphatic heterocycles. The Labute approximate surface area is 125 Å². The van der Waals surface area contributed by atoms with E-state index in [9.17, 15) is 0 Å². The number of hydrogen-bond donors (Lipinski definition) is 1. The number of halogens is 3. The quantitative estimate of drug-likeness (QED) is 0.727. The third kappa shape index (κ3) is 3.41. The average Bonchev–Trinajstić information content (AvgIpc) is 2.34. The first-order chi connectivity index (χ1) is 8.56. The smallest absolute Gasteiger partial charge is 0.0612 e. The SMILES string of the molecule is CC(Nc1ccc(Cl)c(Cl)c1)c1cccc(Br)c1. The van der Waals surface area contributed by atoms with Crippen LogP contribution in [-0.4, -0.2) is 0 Å². The predicted octanol–water partition coefficient (Wildman–Crippen LogP) is 5.93. The standard InChI is InChI=1S/C14H12BrCl2N/c1-9(10-3-2-4-11(15)7-10)18-12-5-6-13(16)14(17)8-12/h2-9,18H,1H3. The first-order valence-corrected chi connectivity index (χ1v) is 7.08. The minimum atomic E-state index is 0.194. The van der Waals surface area contributed by atoms with Crippen LogP contribution in [-0.2, 0) is 0 Å². The Hall–Kier alpha value is -0.700. The average molecular weight is 345 g/mol. The molecule has 4 heteroatoms. The highest BCUT2D eigenvalue weighted by molar-refractivity contribution is 9.10. The summed E-state index contributed by atoms with van der Waals surface area (Å²) in [5, 5.41) is 4.51. The zero-order valence-corrected chi connectivity index (χ0v) is 12.9. The maximum absolute atomic E-state index is 5.99. The van der Waals surface area contributed by atoms with E-state index in [1.54, 1.807) is 6.07 Å². The van der Waals surface area contributed by atoms with Crippen LogP contribution in [0.4, 0.5) is 5.69 Å². The van der Waals surface area contributed by atoms with Gasteiger partial charge in [0.05, 0.1) is 10.0 Å². The van der Waals surface area contributed by atoms with Gasteiger partial charge in [0.1, 0.15) is 0 Å². The summed E-state index contributed by atoms with van der Waals surface area (Å²) in [4.78, 5) is 0. The van der Waals surface area contributed by atoms with Gasteiger partial charge in [0.15, 0.2) is 0 Å². The second kappa shape index (κ2) is 5.96. The molecule has 18 heavy (non-hydrogen) atoms. The van der Waals surface area contributed by atoms with E-state index in [0.29, 0.717) is 10.0 Å². The second-order valence-electron chi connectivity index (χ2n) is 4.05. The molecule has 2 rings (SSSR count). The van der Waals surface area contributed by atoms with Crippen LogP contribution in [0.1, 0.15) is 18.5 Å². The van der Waals surface area contributed by atoms with Gasteiger partial charge >= 0.3 is 0 Å². The molecule has 1 unspecified atom stereocenters. The predicted molar refractivity (Wildman–Crippen MR) is 82.6 cm³/mol. The molecule has 0 aromatic heterocycles. The van der Waals surface area contributed by atoms with Crippen molar-refractivity contribution in [3.8, 4) is 0 Å². The molecule has 1 nitrogen and oxygen atoms in total. The number of benzene rings is 2. The molecule has 0 saturated heterocycles. The van der Waals surface area contributed by atoms with Crippen LogP contribution in [0.5, 0.6) is 0 Å². The van der Waals surface area contributed by atoms with E-state index in [1.165, 1.54) is 5.56 Å². The van der Waals surface area contributed by atoms with Gasteiger partial charge in [-0.05, 0) is 42.8 Å². The molecule has 0 saturated carbocycles. The number of rotatable bonds is 3. The summed E-state index contributed by atoms with van der Waals surface area (Å²) in [6.07, 6.45) is 0. The summed E-state index contributed by atoms with van der Waals surface area (Å²) in [6.45, 7) is 2.10. The Bertz CT molecular complexity index is 557. The molecule has 0 aliphatic carbocycles. The Balaban J connectivity index is 2.16. The molecule has 2 aromatic rings. The van der Waals surface area contributed by atoms with Crippen LogP contribution >= 0.6 is 39.1 Å². The zero-order valence-electron chi connectivity index (χ0n) is 9.75. The van der Waals surface area contributed by atoms with Gasteiger partial charge in [0.25, 0.3) is 0 Å². The fourth-order valence-electron chi connectivity index (χ4n) is 1.70. The van der Waals surface area contributed by atoms with Crippen molar-refractivity contribution in [3.05, 3.63) is 62.5 Å². The molecule has 1 N–H and O–H groups in total. The third-order valence-electron chi connectivity index (χ3n) is 2.65. The Morgan fingerprint density at radius 1 is 1.06 bits per heavy atom. The molecular weight excluding hydrogens is 333 g/mol. The zero-order chi connectivity index (χ0) is 13.1. The van der Waals surface area contributed by atoms with Gasteiger partial charge in [-0.2, -0.15) is 0 Å². The fourth-order valence-corrected chi connectivity index (χ4v) is 2.41. The summed E-state index contributed by atoms with van der Waals surface area (Å²) >= 11 is 15.3. The highest BCUT2D eigenvalue weighted by Gasteiger charge is 2.06. The van der Waals surface area contributed by atoms with E-state index in [1.807, 2.05) is 24.3 Å². The molecule has 0 radical (unpaired) electrons. The molecule has 0 heterocycles. The summed E-state index contributed by atoms with van der Waals surface area (Å²) in [5.41, 5.74) is 2.16. The summed E-state index contributed by atoms with van der Waals surface area (Å²) in [7, 11) is 0. The van der Waals surface area contributed by atoms with Gasteiger partial charge in [-0.1, -0.05) is 51.3 Å². The van der Waals surface area contributed by atoms with Crippen molar-refractivity contribution in [2.45, 2.75) is 13.0 Å².